The van der Waals surface area contributed by atoms with Gasteiger partial charge >= 0.3 is 5.69 Å². The van der Waals surface area contributed by atoms with Gasteiger partial charge in [-0.1, -0.05) is 6.92 Å². The van der Waals surface area contributed by atoms with Crippen LogP contribution in [-0.2, 0) is 10.8 Å². The second-order valence-corrected chi connectivity index (χ2v) is 5.19. The number of anilines is 1. The van der Waals surface area contributed by atoms with Crippen LogP contribution in [0, 0.1) is 21.4 Å². The van der Waals surface area contributed by atoms with Crippen molar-refractivity contribution in [3.63, 3.8) is 0 Å². The second-order valence-electron chi connectivity index (χ2n) is 3.32. The first-order valence-corrected chi connectivity index (χ1v) is 6.70. The zero-order valence-electron chi connectivity index (χ0n) is 9.75. The fourth-order valence-electron chi connectivity index (χ4n) is 1.22. The van der Waals surface area contributed by atoms with Crippen molar-refractivity contribution < 1.29 is 9.13 Å². The van der Waals surface area contributed by atoms with Gasteiger partial charge in [0.1, 0.15) is 6.07 Å². The maximum Gasteiger partial charge on any atom is 0.312 e. The van der Waals surface area contributed by atoms with Crippen molar-refractivity contribution in [2.75, 3.05) is 23.4 Å². The van der Waals surface area contributed by atoms with E-state index in [1.54, 1.807) is 13.0 Å². The first kappa shape index (κ1) is 14.1. The van der Waals surface area contributed by atoms with Crippen LogP contribution in [0.15, 0.2) is 12.3 Å². The van der Waals surface area contributed by atoms with Gasteiger partial charge in [-0.05, 0) is 0 Å². The molecule has 0 bridgehead atoms. The molecule has 1 aromatic rings. The SMILES string of the molecule is CCS(=O)CCNc1ncc(C#N)cc1[N+](=O)[O-]. The van der Waals surface area contributed by atoms with Gasteiger partial charge < -0.3 is 5.32 Å². The number of aromatic nitrogens is 1. The second kappa shape index (κ2) is 6.66. The molecule has 0 aliphatic carbocycles. The van der Waals surface area contributed by atoms with Crippen molar-refractivity contribution in [1.29, 1.82) is 5.26 Å². The highest BCUT2D eigenvalue weighted by molar-refractivity contribution is 7.84. The molecule has 0 saturated carbocycles. The van der Waals surface area contributed by atoms with Gasteiger partial charge in [-0.3, -0.25) is 14.3 Å². The average Bonchev–Trinajstić information content (AvgIpc) is 2.38. The van der Waals surface area contributed by atoms with E-state index >= 15 is 0 Å². The van der Waals surface area contributed by atoms with Crippen LogP contribution in [0.5, 0.6) is 0 Å². The van der Waals surface area contributed by atoms with E-state index in [9.17, 15) is 14.3 Å². The van der Waals surface area contributed by atoms with Gasteiger partial charge in [0.05, 0.1) is 10.5 Å². The minimum absolute atomic E-state index is 0.0899. The number of hydrogen-bond donors (Lipinski definition) is 1. The summed E-state index contributed by atoms with van der Waals surface area (Å²) in [6, 6.07) is 2.95. The van der Waals surface area contributed by atoms with Crippen LogP contribution in [0.3, 0.4) is 0 Å². The maximum absolute atomic E-state index is 11.2. The summed E-state index contributed by atoms with van der Waals surface area (Å²) in [5.41, 5.74) is -0.124. The molecule has 0 radical (unpaired) electrons. The Hall–Kier alpha value is -2.01. The summed E-state index contributed by atoms with van der Waals surface area (Å²) >= 11 is 0. The number of hydrogen-bond acceptors (Lipinski definition) is 6. The van der Waals surface area contributed by atoms with E-state index < -0.39 is 15.7 Å². The summed E-state index contributed by atoms with van der Waals surface area (Å²) in [6.07, 6.45) is 1.26. The fraction of sp³-hybridized carbons (Fsp3) is 0.400. The molecule has 0 aromatic carbocycles. The molecule has 1 unspecified atom stereocenters. The lowest BCUT2D eigenvalue weighted by Gasteiger charge is -2.05. The van der Waals surface area contributed by atoms with E-state index in [-0.39, 0.29) is 17.1 Å². The van der Waals surface area contributed by atoms with Gasteiger partial charge in [0.15, 0.2) is 0 Å². The molecule has 7 nitrogen and oxygen atoms in total. The Labute approximate surface area is 106 Å². The van der Waals surface area contributed by atoms with Crippen LogP contribution in [0.4, 0.5) is 11.5 Å². The summed E-state index contributed by atoms with van der Waals surface area (Å²) in [7, 11) is -0.936. The van der Waals surface area contributed by atoms with Crippen molar-refractivity contribution in [3.05, 3.63) is 27.9 Å². The van der Waals surface area contributed by atoms with E-state index in [0.29, 0.717) is 18.1 Å². The summed E-state index contributed by atoms with van der Waals surface area (Å²) in [5, 5.41) is 22.2. The molecule has 0 spiro atoms. The average molecular weight is 268 g/mol. The van der Waals surface area contributed by atoms with Crippen LogP contribution < -0.4 is 5.32 Å². The van der Waals surface area contributed by atoms with E-state index in [1.807, 2.05) is 0 Å². The quantitative estimate of drug-likeness (QED) is 0.610. The van der Waals surface area contributed by atoms with Crippen molar-refractivity contribution in [3.8, 4) is 6.07 Å². The predicted molar refractivity (Wildman–Crippen MR) is 67.6 cm³/mol. The molecule has 1 N–H and O–H groups in total. The van der Waals surface area contributed by atoms with Crippen molar-refractivity contribution in [2.45, 2.75) is 6.92 Å². The Bertz CT molecular complexity index is 512. The molecular weight excluding hydrogens is 256 g/mol. The van der Waals surface area contributed by atoms with Crippen molar-refractivity contribution in [1.82, 2.24) is 4.98 Å². The van der Waals surface area contributed by atoms with Crippen LogP contribution in [0.1, 0.15) is 12.5 Å². The molecule has 0 aliphatic heterocycles. The van der Waals surface area contributed by atoms with Crippen LogP contribution in [0.2, 0.25) is 0 Å². The van der Waals surface area contributed by atoms with E-state index in [2.05, 4.69) is 10.3 Å². The van der Waals surface area contributed by atoms with Gasteiger partial charge in [-0.15, -0.1) is 0 Å². The van der Waals surface area contributed by atoms with Crippen LogP contribution in [0.25, 0.3) is 0 Å². The number of nitrogens with zero attached hydrogens (tertiary/aromatic N) is 3. The van der Waals surface area contributed by atoms with Gasteiger partial charge in [0.25, 0.3) is 0 Å². The Morgan fingerprint density at radius 2 is 2.39 bits per heavy atom. The lowest BCUT2D eigenvalue weighted by Crippen LogP contribution is -2.13. The third-order valence-corrected chi connectivity index (χ3v) is 3.44. The summed E-state index contributed by atoms with van der Waals surface area (Å²) in [4.78, 5) is 14.0. The summed E-state index contributed by atoms with van der Waals surface area (Å²) in [6.45, 7) is 2.14. The molecule has 0 aliphatic rings. The first-order chi connectivity index (χ1) is 8.58. The zero-order chi connectivity index (χ0) is 13.5. The number of nitriles is 1. The fourth-order valence-corrected chi connectivity index (χ4v) is 1.84. The third-order valence-electron chi connectivity index (χ3n) is 2.14. The van der Waals surface area contributed by atoms with Crippen molar-refractivity contribution in [2.24, 2.45) is 0 Å². The molecule has 8 heteroatoms. The minimum Gasteiger partial charge on any atom is -0.363 e. The third kappa shape index (κ3) is 3.78. The molecule has 1 aromatic heterocycles. The molecule has 1 rings (SSSR count). The highest BCUT2D eigenvalue weighted by Gasteiger charge is 2.16. The highest BCUT2D eigenvalue weighted by Crippen LogP contribution is 2.22. The Morgan fingerprint density at radius 1 is 1.67 bits per heavy atom. The number of rotatable bonds is 6. The van der Waals surface area contributed by atoms with Gasteiger partial charge in [0, 0.05) is 41.1 Å². The monoisotopic (exact) mass is 268 g/mol. The smallest absolute Gasteiger partial charge is 0.312 e. The number of nitro groups is 1. The summed E-state index contributed by atoms with van der Waals surface area (Å²) < 4.78 is 11.2. The molecule has 1 heterocycles. The first-order valence-electron chi connectivity index (χ1n) is 5.21. The van der Waals surface area contributed by atoms with Gasteiger partial charge in [-0.25, -0.2) is 4.98 Å². The molecular formula is C10H12N4O3S. The van der Waals surface area contributed by atoms with Crippen LogP contribution in [-0.4, -0.2) is 32.2 Å². The largest absolute Gasteiger partial charge is 0.363 e. The standard InChI is InChI=1S/C10H12N4O3S/c1-2-18(17)4-3-12-10-9(14(15)16)5-8(6-11)7-13-10/h5,7H,2-4H2,1H3,(H,12,13). The van der Waals surface area contributed by atoms with E-state index in [4.69, 9.17) is 5.26 Å². The lowest BCUT2D eigenvalue weighted by atomic mass is 10.3. The Balaban J connectivity index is 2.79. The zero-order valence-corrected chi connectivity index (χ0v) is 10.6. The minimum atomic E-state index is -0.936. The molecule has 96 valence electrons. The molecule has 18 heavy (non-hydrogen) atoms. The molecule has 0 fully saturated rings. The van der Waals surface area contributed by atoms with Gasteiger partial charge in [-0.2, -0.15) is 5.26 Å². The number of nitrogens with one attached hydrogen (secondary N) is 1. The van der Waals surface area contributed by atoms with Gasteiger partial charge in [0.2, 0.25) is 5.82 Å². The Kier molecular flexibility index (Phi) is 5.20. The molecule has 0 amide bonds. The maximum atomic E-state index is 11.2. The summed E-state index contributed by atoms with van der Waals surface area (Å²) in [5.74, 6) is 1.03. The Morgan fingerprint density at radius 3 is 2.94 bits per heavy atom. The topological polar surface area (TPSA) is 109 Å². The van der Waals surface area contributed by atoms with E-state index in [0.717, 1.165) is 6.07 Å². The molecule has 0 saturated heterocycles. The normalized spacial score (nSPS) is 11.6. The lowest BCUT2D eigenvalue weighted by molar-refractivity contribution is -0.384. The predicted octanol–water partition coefficient (Wildman–Crippen LogP) is 1.04. The van der Waals surface area contributed by atoms with E-state index in [1.165, 1.54) is 6.20 Å². The highest BCUT2D eigenvalue weighted by atomic mass is 32.2. The number of pyridine rings is 1. The van der Waals surface area contributed by atoms with Crippen molar-refractivity contribution >= 4 is 22.3 Å². The van der Waals surface area contributed by atoms with Crippen LogP contribution >= 0.6 is 0 Å². The molecule has 1 atom stereocenters.